The lowest BCUT2D eigenvalue weighted by molar-refractivity contribution is -0.115. The Morgan fingerprint density at radius 3 is 2.79 bits per heavy atom. The highest BCUT2D eigenvalue weighted by atomic mass is 32.2. The molecule has 1 amide bonds. The first kappa shape index (κ1) is 16.7. The molecular formula is C16H17N5OS2. The molecule has 6 nitrogen and oxygen atoms in total. The molecule has 0 fully saturated rings. The number of nitrogens with one attached hydrogen (secondary N) is 1. The maximum absolute atomic E-state index is 12.5. The Morgan fingerprint density at radius 2 is 2.12 bits per heavy atom. The Morgan fingerprint density at radius 1 is 1.33 bits per heavy atom. The van der Waals surface area contributed by atoms with Crippen molar-refractivity contribution >= 4 is 34.1 Å². The van der Waals surface area contributed by atoms with Crippen molar-refractivity contribution in [1.29, 1.82) is 0 Å². The van der Waals surface area contributed by atoms with Crippen LogP contribution in [0.4, 0.5) is 5.13 Å². The maximum atomic E-state index is 12.5. The first-order valence-electron chi connectivity index (χ1n) is 7.53. The molecule has 0 aliphatic heterocycles. The van der Waals surface area contributed by atoms with Crippen molar-refractivity contribution in [2.75, 3.05) is 5.32 Å². The lowest BCUT2D eigenvalue weighted by atomic mass is 10.3. The summed E-state index contributed by atoms with van der Waals surface area (Å²) in [6.07, 6.45) is 2.35. The second-order valence-corrected chi connectivity index (χ2v) is 7.11. The van der Waals surface area contributed by atoms with E-state index in [1.54, 1.807) is 6.20 Å². The van der Waals surface area contributed by atoms with Crippen LogP contribution in [0.3, 0.4) is 0 Å². The fourth-order valence-electron chi connectivity index (χ4n) is 2.21. The molecule has 1 N–H and O–H groups in total. The number of hydrogen-bond donors (Lipinski definition) is 1. The van der Waals surface area contributed by atoms with Crippen molar-refractivity contribution in [3.63, 3.8) is 0 Å². The van der Waals surface area contributed by atoms with E-state index in [1.165, 1.54) is 23.1 Å². The monoisotopic (exact) mass is 359 g/mol. The molecule has 124 valence electrons. The van der Waals surface area contributed by atoms with Crippen LogP contribution in [0.5, 0.6) is 0 Å². The number of aromatic nitrogens is 4. The number of thioether (sulfide) groups is 1. The van der Waals surface area contributed by atoms with E-state index < -0.39 is 0 Å². The highest BCUT2D eigenvalue weighted by molar-refractivity contribution is 8.00. The third-order valence-corrected chi connectivity index (χ3v) is 5.38. The number of para-hydroxylation sites is 1. The molecule has 0 radical (unpaired) electrons. The zero-order valence-electron chi connectivity index (χ0n) is 13.3. The molecule has 2 heterocycles. The first-order chi connectivity index (χ1) is 11.7. The van der Waals surface area contributed by atoms with E-state index in [9.17, 15) is 4.79 Å². The summed E-state index contributed by atoms with van der Waals surface area (Å²) in [4.78, 5) is 16.6. The smallest absolute Gasteiger partial charge is 0.239 e. The van der Waals surface area contributed by atoms with Crippen molar-refractivity contribution in [3.05, 3.63) is 47.7 Å². The summed E-state index contributed by atoms with van der Waals surface area (Å²) < 4.78 is 1.96. The molecule has 0 saturated heterocycles. The minimum atomic E-state index is -0.264. The minimum absolute atomic E-state index is 0.0716. The van der Waals surface area contributed by atoms with Gasteiger partial charge in [0.15, 0.2) is 10.3 Å². The first-order valence-corrected chi connectivity index (χ1v) is 9.29. The molecule has 2 aromatic heterocycles. The lowest BCUT2D eigenvalue weighted by Crippen LogP contribution is -2.25. The Balaban J connectivity index is 1.81. The van der Waals surface area contributed by atoms with Crippen LogP contribution in [-0.2, 0) is 4.79 Å². The van der Waals surface area contributed by atoms with E-state index in [0.717, 1.165) is 11.5 Å². The number of amides is 1. The molecule has 0 saturated carbocycles. The van der Waals surface area contributed by atoms with E-state index in [2.05, 4.69) is 20.5 Å². The van der Waals surface area contributed by atoms with Gasteiger partial charge in [0.25, 0.3) is 0 Å². The number of benzene rings is 1. The number of rotatable bonds is 6. The fourth-order valence-corrected chi connectivity index (χ4v) is 3.76. The zero-order valence-corrected chi connectivity index (χ0v) is 15.0. The van der Waals surface area contributed by atoms with E-state index in [4.69, 9.17) is 0 Å². The highest BCUT2D eigenvalue weighted by Gasteiger charge is 2.23. The number of thiazole rings is 1. The average Bonchev–Trinajstić information content (AvgIpc) is 3.23. The van der Waals surface area contributed by atoms with E-state index in [0.29, 0.717) is 16.7 Å². The Hall–Kier alpha value is -2.19. The quantitative estimate of drug-likeness (QED) is 0.682. The van der Waals surface area contributed by atoms with Gasteiger partial charge in [-0.2, -0.15) is 0 Å². The van der Waals surface area contributed by atoms with Gasteiger partial charge in [-0.25, -0.2) is 4.98 Å². The number of aryl methyl sites for hydroxylation is 1. The molecule has 1 unspecified atom stereocenters. The zero-order chi connectivity index (χ0) is 16.9. The van der Waals surface area contributed by atoms with Gasteiger partial charge in [0.2, 0.25) is 5.91 Å². The number of carbonyl (C=O) groups excluding carboxylic acids is 1. The topological polar surface area (TPSA) is 72.7 Å². The van der Waals surface area contributed by atoms with E-state index in [1.807, 2.05) is 54.1 Å². The summed E-state index contributed by atoms with van der Waals surface area (Å²) in [6.45, 7) is 3.88. The normalized spacial score (nSPS) is 12.1. The van der Waals surface area contributed by atoms with Crippen LogP contribution in [0.1, 0.15) is 19.2 Å². The SMILES string of the molecule is CCC(Sc1nnc(C)n1-c1ccccc1)C(=O)Nc1nccs1. The number of nitrogens with zero attached hydrogens (tertiary/aromatic N) is 4. The Kier molecular flexibility index (Phi) is 5.27. The van der Waals surface area contributed by atoms with Gasteiger partial charge in [-0.15, -0.1) is 21.5 Å². The summed E-state index contributed by atoms with van der Waals surface area (Å²) in [5.41, 5.74) is 0.984. The molecule has 0 aliphatic carbocycles. The molecule has 1 atom stereocenters. The summed E-state index contributed by atoms with van der Waals surface area (Å²) in [5, 5.41) is 14.1. The molecule has 0 aliphatic rings. The van der Waals surface area contributed by atoms with Crippen molar-refractivity contribution < 1.29 is 4.79 Å². The van der Waals surface area contributed by atoms with Crippen molar-refractivity contribution in [3.8, 4) is 5.69 Å². The maximum Gasteiger partial charge on any atom is 0.239 e. The van der Waals surface area contributed by atoms with Crippen molar-refractivity contribution in [2.45, 2.75) is 30.7 Å². The lowest BCUT2D eigenvalue weighted by Gasteiger charge is -2.14. The van der Waals surface area contributed by atoms with Crippen LogP contribution >= 0.6 is 23.1 Å². The Labute approximate surface area is 148 Å². The molecular weight excluding hydrogens is 342 g/mol. The second kappa shape index (κ2) is 7.59. The van der Waals surface area contributed by atoms with Gasteiger partial charge < -0.3 is 5.32 Å². The fraction of sp³-hybridized carbons (Fsp3) is 0.250. The van der Waals surface area contributed by atoms with E-state index >= 15 is 0 Å². The third kappa shape index (κ3) is 3.65. The van der Waals surface area contributed by atoms with Gasteiger partial charge in [0, 0.05) is 17.3 Å². The number of anilines is 1. The van der Waals surface area contributed by atoms with Crippen LogP contribution in [0.25, 0.3) is 5.69 Å². The predicted octanol–water partition coefficient (Wildman–Crippen LogP) is 3.54. The van der Waals surface area contributed by atoms with Crippen LogP contribution in [-0.4, -0.2) is 30.9 Å². The van der Waals surface area contributed by atoms with Crippen LogP contribution in [0.15, 0.2) is 47.1 Å². The second-order valence-electron chi connectivity index (χ2n) is 5.04. The average molecular weight is 359 g/mol. The van der Waals surface area contributed by atoms with Crippen molar-refractivity contribution in [1.82, 2.24) is 19.7 Å². The summed E-state index contributed by atoms with van der Waals surface area (Å²) >= 11 is 2.82. The van der Waals surface area contributed by atoms with Crippen molar-refractivity contribution in [2.24, 2.45) is 0 Å². The molecule has 0 spiro atoms. The Bertz CT molecular complexity index is 801. The minimum Gasteiger partial charge on any atom is -0.301 e. The van der Waals surface area contributed by atoms with Crippen LogP contribution in [0.2, 0.25) is 0 Å². The molecule has 8 heteroatoms. The largest absolute Gasteiger partial charge is 0.301 e. The molecule has 24 heavy (non-hydrogen) atoms. The summed E-state index contributed by atoms with van der Waals surface area (Å²) in [7, 11) is 0. The molecule has 3 aromatic rings. The van der Waals surface area contributed by atoms with Gasteiger partial charge in [-0.3, -0.25) is 9.36 Å². The van der Waals surface area contributed by atoms with Gasteiger partial charge in [0.1, 0.15) is 5.82 Å². The number of hydrogen-bond acceptors (Lipinski definition) is 6. The molecule has 0 bridgehead atoms. The standard InChI is InChI=1S/C16H17N5OS2/c1-3-13(14(22)18-15-17-9-10-23-15)24-16-20-19-11(2)21(16)12-7-5-4-6-8-12/h4-10,13H,3H2,1-2H3,(H,17,18,22). The van der Waals surface area contributed by atoms with Gasteiger partial charge in [-0.1, -0.05) is 36.9 Å². The molecule has 1 aromatic carbocycles. The summed E-state index contributed by atoms with van der Waals surface area (Å²) in [5.74, 6) is 0.719. The predicted molar refractivity (Wildman–Crippen MR) is 96.8 cm³/mol. The van der Waals surface area contributed by atoms with Crippen LogP contribution < -0.4 is 5.32 Å². The van der Waals surface area contributed by atoms with E-state index in [-0.39, 0.29) is 11.2 Å². The van der Waals surface area contributed by atoms with Crippen LogP contribution in [0, 0.1) is 6.92 Å². The van der Waals surface area contributed by atoms with Gasteiger partial charge in [-0.05, 0) is 25.5 Å². The van der Waals surface area contributed by atoms with Gasteiger partial charge in [0.05, 0.1) is 5.25 Å². The highest BCUT2D eigenvalue weighted by Crippen LogP contribution is 2.28. The number of carbonyl (C=O) groups is 1. The third-order valence-electron chi connectivity index (χ3n) is 3.38. The van der Waals surface area contributed by atoms with Gasteiger partial charge >= 0.3 is 0 Å². The molecule has 3 rings (SSSR count). The summed E-state index contributed by atoms with van der Waals surface area (Å²) in [6, 6.07) is 9.89.